The Hall–Kier alpha value is -1.39. The van der Waals surface area contributed by atoms with Crippen LogP contribution in [0.15, 0.2) is 24.3 Å². The molecule has 2 rings (SSSR count). The summed E-state index contributed by atoms with van der Waals surface area (Å²) in [6.07, 6.45) is 0.976. The van der Waals surface area contributed by atoms with E-state index in [9.17, 15) is 4.79 Å². The number of fused-ring (bicyclic) bond motifs is 1. The maximum absolute atomic E-state index is 11.4. The van der Waals surface area contributed by atoms with Crippen LogP contribution >= 0.6 is 0 Å². The number of carbonyl (C=O) groups excluding carboxylic acids is 1. The van der Waals surface area contributed by atoms with Crippen LogP contribution in [0.3, 0.4) is 0 Å². The number of aliphatic hydroxyl groups excluding tert-OH is 1. The molecule has 1 aliphatic rings. The predicted octanol–water partition coefficient (Wildman–Crippen LogP) is 0.580. The Labute approximate surface area is 101 Å². The standard InChI is InChI=1S/C13H17NO3/c15-7-8-17-13(16)10-14-6-5-11-3-1-2-4-12(11)9-14/h1-4,15H,5-10H2. The number of rotatable bonds is 4. The molecule has 0 saturated carbocycles. The van der Waals surface area contributed by atoms with Crippen molar-refractivity contribution in [3.05, 3.63) is 35.4 Å². The van der Waals surface area contributed by atoms with E-state index in [2.05, 4.69) is 17.0 Å². The molecule has 1 aliphatic heterocycles. The Morgan fingerprint density at radius 3 is 2.88 bits per heavy atom. The third-order valence-corrected chi connectivity index (χ3v) is 2.92. The monoisotopic (exact) mass is 235 g/mol. The highest BCUT2D eigenvalue weighted by atomic mass is 16.5. The van der Waals surface area contributed by atoms with Crippen molar-refractivity contribution in [2.75, 3.05) is 26.3 Å². The van der Waals surface area contributed by atoms with Gasteiger partial charge in [0.1, 0.15) is 6.61 Å². The van der Waals surface area contributed by atoms with E-state index in [-0.39, 0.29) is 19.2 Å². The molecule has 0 atom stereocenters. The quantitative estimate of drug-likeness (QED) is 0.776. The summed E-state index contributed by atoms with van der Waals surface area (Å²) in [5, 5.41) is 8.56. The zero-order chi connectivity index (χ0) is 12.1. The number of esters is 1. The molecule has 1 N–H and O–H groups in total. The van der Waals surface area contributed by atoms with E-state index in [4.69, 9.17) is 9.84 Å². The average Bonchev–Trinajstić information content (AvgIpc) is 2.36. The first-order chi connectivity index (χ1) is 8.29. The van der Waals surface area contributed by atoms with Crippen LogP contribution in [0.1, 0.15) is 11.1 Å². The molecule has 4 heteroatoms. The lowest BCUT2D eigenvalue weighted by atomic mass is 10.0. The molecule has 0 unspecified atom stereocenters. The fraction of sp³-hybridized carbons (Fsp3) is 0.462. The van der Waals surface area contributed by atoms with Gasteiger partial charge in [0.25, 0.3) is 0 Å². The number of carbonyl (C=O) groups is 1. The van der Waals surface area contributed by atoms with Crippen LogP contribution in [0.5, 0.6) is 0 Å². The van der Waals surface area contributed by atoms with Gasteiger partial charge in [-0.1, -0.05) is 24.3 Å². The van der Waals surface area contributed by atoms with Gasteiger partial charge in [-0.25, -0.2) is 0 Å². The zero-order valence-corrected chi connectivity index (χ0v) is 9.76. The van der Waals surface area contributed by atoms with E-state index in [0.29, 0.717) is 6.54 Å². The molecule has 0 aromatic heterocycles. The average molecular weight is 235 g/mol. The lowest BCUT2D eigenvalue weighted by Gasteiger charge is -2.27. The Balaban J connectivity index is 1.88. The Bertz CT molecular complexity index is 392. The number of nitrogens with zero attached hydrogens (tertiary/aromatic N) is 1. The highest BCUT2D eigenvalue weighted by molar-refractivity contribution is 5.71. The molecule has 4 nitrogen and oxygen atoms in total. The molecular formula is C13H17NO3. The molecule has 1 aromatic rings. The van der Waals surface area contributed by atoms with Gasteiger partial charge in [-0.2, -0.15) is 0 Å². The fourth-order valence-corrected chi connectivity index (χ4v) is 2.08. The highest BCUT2D eigenvalue weighted by Gasteiger charge is 2.18. The molecule has 0 fully saturated rings. The van der Waals surface area contributed by atoms with Crippen molar-refractivity contribution in [3.63, 3.8) is 0 Å². The van der Waals surface area contributed by atoms with Crippen molar-refractivity contribution in [1.29, 1.82) is 0 Å². The molecule has 0 saturated heterocycles. The summed E-state index contributed by atoms with van der Waals surface area (Å²) in [4.78, 5) is 13.5. The van der Waals surface area contributed by atoms with Crippen molar-refractivity contribution >= 4 is 5.97 Å². The molecular weight excluding hydrogens is 218 g/mol. The van der Waals surface area contributed by atoms with Gasteiger partial charge < -0.3 is 9.84 Å². The minimum absolute atomic E-state index is 0.0866. The molecule has 0 radical (unpaired) electrons. The van der Waals surface area contributed by atoms with Gasteiger partial charge >= 0.3 is 5.97 Å². The van der Waals surface area contributed by atoms with Gasteiger partial charge in [-0.15, -0.1) is 0 Å². The van der Waals surface area contributed by atoms with Crippen molar-refractivity contribution < 1.29 is 14.6 Å². The largest absolute Gasteiger partial charge is 0.462 e. The molecule has 0 spiro atoms. The molecule has 0 amide bonds. The highest BCUT2D eigenvalue weighted by Crippen LogP contribution is 2.17. The lowest BCUT2D eigenvalue weighted by Crippen LogP contribution is -2.35. The maximum Gasteiger partial charge on any atom is 0.320 e. The summed E-state index contributed by atoms with van der Waals surface area (Å²) in [5.41, 5.74) is 2.65. The topological polar surface area (TPSA) is 49.8 Å². The summed E-state index contributed by atoms with van der Waals surface area (Å²) in [6, 6.07) is 8.30. The Kier molecular flexibility index (Phi) is 4.12. The van der Waals surface area contributed by atoms with Gasteiger partial charge in [-0.3, -0.25) is 9.69 Å². The molecule has 0 bridgehead atoms. The van der Waals surface area contributed by atoms with Gasteiger partial charge in [-0.05, 0) is 17.5 Å². The van der Waals surface area contributed by atoms with E-state index >= 15 is 0 Å². The van der Waals surface area contributed by atoms with E-state index in [1.807, 2.05) is 12.1 Å². The minimum atomic E-state index is -0.265. The van der Waals surface area contributed by atoms with E-state index in [0.717, 1.165) is 19.5 Å². The normalized spacial score (nSPS) is 15.4. The first kappa shape index (κ1) is 12.1. The summed E-state index contributed by atoms with van der Waals surface area (Å²) in [6.45, 7) is 1.95. The number of aliphatic hydroxyl groups is 1. The lowest BCUT2D eigenvalue weighted by molar-refractivity contribution is -0.146. The van der Waals surface area contributed by atoms with Crippen molar-refractivity contribution in [2.45, 2.75) is 13.0 Å². The van der Waals surface area contributed by atoms with Gasteiger partial charge in [0.15, 0.2) is 0 Å². The van der Waals surface area contributed by atoms with Crippen LogP contribution in [0.4, 0.5) is 0 Å². The fourth-order valence-electron chi connectivity index (χ4n) is 2.08. The van der Waals surface area contributed by atoms with E-state index in [1.54, 1.807) is 0 Å². The maximum atomic E-state index is 11.4. The van der Waals surface area contributed by atoms with Gasteiger partial charge in [0.2, 0.25) is 0 Å². The van der Waals surface area contributed by atoms with Crippen molar-refractivity contribution in [1.82, 2.24) is 4.90 Å². The minimum Gasteiger partial charge on any atom is -0.462 e. The van der Waals surface area contributed by atoms with E-state index < -0.39 is 0 Å². The molecule has 1 heterocycles. The Morgan fingerprint density at radius 1 is 1.35 bits per heavy atom. The third-order valence-electron chi connectivity index (χ3n) is 2.92. The predicted molar refractivity (Wildman–Crippen MR) is 63.5 cm³/mol. The van der Waals surface area contributed by atoms with Crippen molar-refractivity contribution in [2.24, 2.45) is 0 Å². The summed E-state index contributed by atoms with van der Waals surface area (Å²) >= 11 is 0. The van der Waals surface area contributed by atoms with Crippen molar-refractivity contribution in [3.8, 4) is 0 Å². The second-order valence-electron chi connectivity index (χ2n) is 4.17. The molecule has 17 heavy (non-hydrogen) atoms. The van der Waals surface area contributed by atoms with Crippen LogP contribution < -0.4 is 0 Å². The molecule has 92 valence electrons. The second-order valence-corrected chi connectivity index (χ2v) is 4.17. The van der Waals surface area contributed by atoms with Gasteiger partial charge in [0.05, 0.1) is 13.2 Å². The SMILES string of the molecule is O=C(CN1CCc2ccccc2C1)OCCO. The third kappa shape index (κ3) is 3.28. The molecule has 0 aliphatic carbocycles. The number of benzene rings is 1. The first-order valence-electron chi connectivity index (χ1n) is 5.85. The summed E-state index contributed by atoms with van der Waals surface area (Å²) < 4.78 is 4.85. The molecule has 1 aromatic carbocycles. The summed E-state index contributed by atoms with van der Waals surface area (Å²) in [7, 11) is 0. The summed E-state index contributed by atoms with van der Waals surface area (Å²) in [5.74, 6) is -0.265. The van der Waals surface area contributed by atoms with Crippen LogP contribution in [0.25, 0.3) is 0 Å². The van der Waals surface area contributed by atoms with Crippen LogP contribution in [-0.4, -0.2) is 42.3 Å². The zero-order valence-electron chi connectivity index (χ0n) is 9.76. The van der Waals surface area contributed by atoms with Crippen LogP contribution in [0, 0.1) is 0 Å². The smallest absolute Gasteiger partial charge is 0.320 e. The first-order valence-corrected chi connectivity index (χ1v) is 5.85. The number of hydrogen-bond acceptors (Lipinski definition) is 4. The second kappa shape index (κ2) is 5.80. The van der Waals surface area contributed by atoms with Gasteiger partial charge in [0, 0.05) is 13.1 Å². The Morgan fingerprint density at radius 2 is 2.12 bits per heavy atom. The number of hydrogen-bond donors (Lipinski definition) is 1. The van der Waals surface area contributed by atoms with Crippen LogP contribution in [0.2, 0.25) is 0 Å². The van der Waals surface area contributed by atoms with Crippen LogP contribution in [-0.2, 0) is 22.5 Å². The number of ether oxygens (including phenoxy) is 1. The van der Waals surface area contributed by atoms with E-state index in [1.165, 1.54) is 11.1 Å².